The van der Waals surface area contributed by atoms with E-state index in [9.17, 15) is 18.0 Å². The number of nitrogens with zero attached hydrogens (tertiary/aromatic N) is 2. The number of sulfonamides is 1. The zero-order chi connectivity index (χ0) is 30.3. The Morgan fingerprint density at radius 1 is 0.927 bits per heavy atom. The van der Waals surface area contributed by atoms with Crippen LogP contribution in [-0.2, 0) is 26.2 Å². The monoisotopic (exact) mass is 617 g/mol. The van der Waals surface area contributed by atoms with E-state index in [0.29, 0.717) is 39.8 Å². The van der Waals surface area contributed by atoms with E-state index >= 15 is 0 Å². The maximum absolute atomic E-state index is 14.2. The van der Waals surface area contributed by atoms with Crippen molar-refractivity contribution >= 4 is 50.7 Å². The predicted octanol–water partition coefficient (Wildman–Crippen LogP) is 6.39. The van der Waals surface area contributed by atoms with Crippen molar-refractivity contribution in [2.24, 2.45) is 5.92 Å². The summed E-state index contributed by atoms with van der Waals surface area (Å²) in [7, 11) is -4.15. The second-order valence-electron chi connectivity index (χ2n) is 10.4. The molecule has 0 spiro atoms. The molecular formula is C31H37Cl2N3O4S. The lowest BCUT2D eigenvalue weighted by Gasteiger charge is -2.34. The zero-order valence-electron chi connectivity index (χ0n) is 24.0. The molecule has 1 atom stereocenters. The van der Waals surface area contributed by atoms with E-state index in [4.69, 9.17) is 23.2 Å². The molecule has 41 heavy (non-hydrogen) atoms. The standard InChI is InChI=1S/C31H37Cl2N3O4S/c1-6-28(31(38)34-18-21(2)3)35(19-25-26(32)13-10-14-27(25)33)30(37)20-36(29-17-22(4)15-16-23(29)5)41(39,40)24-11-8-7-9-12-24/h7-17,21,28H,6,18-20H2,1-5H3,(H,34,38). The third kappa shape index (κ3) is 8.03. The third-order valence-corrected chi connectivity index (χ3v) is 9.19. The van der Waals surface area contributed by atoms with Crippen molar-refractivity contribution in [3.63, 3.8) is 0 Å². The van der Waals surface area contributed by atoms with Gasteiger partial charge < -0.3 is 10.2 Å². The van der Waals surface area contributed by atoms with E-state index in [1.807, 2.05) is 32.9 Å². The van der Waals surface area contributed by atoms with Gasteiger partial charge in [0.25, 0.3) is 10.0 Å². The Bertz CT molecular complexity index is 1460. The highest BCUT2D eigenvalue weighted by Crippen LogP contribution is 2.30. The van der Waals surface area contributed by atoms with Crippen molar-refractivity contribution in [3.05, 3.63) is 93.5 Å². The number of amides is 2. The maximum atomic E-state index is 14.2. The normalized spacial score (nSPS) is 12.2. The number of anilines is 1. The quantitative estimate of drug-likeness (QED) is 0.255. The van der Waals surface area contributed by atoms with E-state index in [1.165, 1.54) is 17.0 Å². The molecule has 0 radical (unpaired) electrons. The molecule has 0 saturated heterocycles. The van der Waals surface area contributed by atoms with Gasteiger partial charge in [0.15, 0.2) is 0 Å². The molecule has 10 heteroatoms. The summed E-state index contributed by atoms with van der Waals surface area (Å²) < 4.78 is 29.1. The van der Waals surface area contributed by atoms with Gasteiger partial charge in [-0.1, -0.05) is 80.4 Å². The van der Waals surface area contributed by atoms with Crippen LogP contribution in [0.4, 0.5) is 5.69 Å². The summed E-state index contributed by atoms with van der Waals surface area (Å²) in [5.74, 6) is -0.690. The first-order chi connectivity index (χ1) is 19.4. The minimum absolute atomic E-state index is 0.0520. The predicted molar refractivity (Wildman–Crippen MR) is 166 cm³/mol. The summed E-state index contributed by atoms with van der Waals surface area (Å²) >= 11 is 12.9. The van der Waals surface area contributed by atoms with Crippen LogP contribution in [0, 0.1) is 19.8 Å². The minimum atomic E-state index is -4.15. The largest absolute Gasteiger partial charge is 0.354 e. The average molecular weight is 619 g/mol. The number of nitrogens with one attached hydrogen (secondary N) is 1. The number of halogens is 2. The van der Waals surface area contributed by atoms with Crippen LogP contribution in [-0.4, -0.2) is 44.3 Å². The molecule has 1 unspecified atom stereocenters. The van der Waals surface area contributed by atoms with E-state index in [-0.39, 0.29) is 23.3 Å². The third-order valence-electron chi connectivity index (χ3n) is 6.70. The van der Waals surface area contributed by atoms with Gasteiger partial charge in [-0.25, -0.2) is 8.42 Å². The van der Waals surface area contributed by atoms with Crippen molar-refractivity contribution in [3.8, 4) is 0 Å². The van der Waals surface area contributed by atoms with Crippen molar-refractivity contribution in [2.75, 3.05) is 17.4 Å². The highest BCUT2D eigenvalue weighted by atomic mass is 35.5. The molecular weight excluding hydrogens is 581 g/mol. The van der Waals surface area contributed by atoms with Crippen molar-refractivity contribution in [2.45, 2.75) is 58.5 Å². The number of aryl methyl sites for hydroxylation is 2. The smallest absolute Gasteiger partial charge is 0.264 e. The molecule has 0 aliphatic rings. The van der Waals surface area contributed by atoms with Gasteiger partial charge in [0.1, 0.15) is 12.6 Å². The number of benzene rings is 3. The molecule has 0 aromatic heterocycles. The lowest BCUT2D eigenvalue weighted by Crippen LogP contribution is -2.52. The number of rotatable bonds is 12. The molecule has 0 aliphatic heterocycles. The molecule has 7 nitrogen and oxygen atoms in total. The lowest BCUT2D eigenvalue weighted by atomic mass is 10.1. The number of carbonyl (C=O) groups is 2. The molecule has 0 heterocycles. The summed E-state index contributed by atoms with van der Waals surface area (Å²) in [4.78, 5) is 29.0. The SMILES string of the molecule is CCC(C(=O)NCC(C)C)N(Cc1c(Cl)cccc1Cl)C(=O)CN(c1cc(C)ccc1C)S(=O)(=O)c1ccccc1. The first-order valence-corrected chi connectivity index (χ1v) is 15.7. The molecule has 1 N–H and O–H groups in total. The van der Waals surface area contributed by atoms with Crippen LogP contribution in [0.15, 0.2) is 71.6 Å². The Morgan fingerprint density at radius 3 is 2.15 bits per heavy atom. The van der Waals surface area contributed by atoms with Crippen LogP contribution in [0.2, 0.25) is 10.0 Å². The number of hydrogen-bond donors (Lipinski definition) is 1. The maximum Gasteiger partial charge on any atom is 0.264 e. The van der Waals surface area contributed by atoms with Crippen LogP contribution < -0.4 is 9.62 Å². The minimum Gasteiger partial charge on any atom is -0.354 e. The topological polar surface area (TPSA) is 86.8 Å². The highest BCUT2D eigenvalue weighted by molar-refractivity contribution is 7.92. The van der Waals surface area contributed by atoms with Gasteiger partial charge in [-0.2, -0.15) is 0 Å². The molecule has 2 amide bonds. The molecule has 0 bridgehead atoms. The Hall–Kier alpha value is -3.07. The Kier molecular flexibility index (Phi) is 11.2. The van der Waals surface area contributed by atoms with Gasteiger partial charge in [0.2, 0.25) is 11.8 Å². The van der Waals surface area contributed by atoms with E-state index in [2.05, 4.69) is 5.32 Å². The fourth-order valence-electron chi connectivity index (χ4n) is 4.42. The lowest BCUT2D eigenvalue weighted by molar-refractivity contribution is -0.140. The van der Waals surface area contributed by atoms with Gasteiger partial charge in [-0.3, -0.25) is 13.9 Å². The first kappa shape index (κ1) is 32.4. The van der Waals surface area contributed by atoms with Crippen molar-refractivity contribution in [1.29, 1.82) is 0 Å². The molecule has 3 aromatic rings. The van der Waals surface area contributed by atoms with E-state index in [0.717, 1.165) is 9.87 Å². The van der Waals surface area contributed by atoms with Gasteiger partial charge in [0.05, 0.1) is 10.6 Å². The number of hydrogen-bond acceptors (Lipinski definition) is 4. The second-order valence-corrected chi connectivity index (χ2v) is 13.1. The molecule has 0 saturated carbocycles. The summed E-state index contributed by atoms with van der Waals surface area (Å²) in [5.41, 5.74) is 2.38. The number of carbonyl (C=O) groups excluding carboxylic acids is 2. The summed E-state index contributed by atoms with van der Waals surface area (Å²) in [5, 5.41) is 3.60. The molecule has 0 fully saturated rings. The Balaban J connectivity index is 2.12. The summed E-state index contributed by atoms with van der Waals surface area (Å²) in [6.45, 7) is 9.24. The highest BCUT2D eigenvalue weighted by Gasteiger charge is 2.34. The zero-order valence-corrected chi connectivity index (χ0v) is 26.4. The van der Waals surface area contributed by atoms with E-state index < -0.39 is 28.5 Å². The molecule has 3 aromatic carbocycles. The van der Waals surface area contributed by atoms with Crippen LogP contribution in [0.25, 0.3) is 0 Å². The van der Waals surface area contributed by atoms with Gasteiger partial charge in [0, 0.05) is 28.7 Å². The first-order valence-electron chi connectivity index (χ1n) is 13.5. The van der Waals surface area contributed by atoms with Crippen molar-refractivity contribution < 1.29 is 18.0 Å². The van der Waals surface area contributed by atoms with Crippen LogP contribution >= 0.6 is 23.2 Å². The van der Waals surface area contributed by atoms with Gasteiger partial charge in [-0.15, -0.1) is 0 Å². The Labute approximate surface area is 253 Å². The molecule has 3 rings (SSSR count). The summed E-state index contributed by atoms with van der Waals surface area (Å²) in [6.07, 6.45) is 0.298. The van der Waals surface area contributed by atoms with Crippen LogP contribution in [0.3, 0.4) is 0 Å². The van der Waals surface area contributed by atoms with Crippen LogP contribution in [0.1, 0.15) is 43.9 Å². The molecule has 220 valence electrons. The van der Waals surface area contributed by atoms with E-state index in [1.54, 1.807) is 56.3 Å². The van der Waals surface area contributed by atoms with Crippen molar-refractivity contribution in [1.82, 2.24) is 10.2 Å². The average Bonchev–Trinajstić information content (AvgIpc) is 2.93. The summed E-state index contributed by atoms with van der Waals surface area (Å²) in [6, 6.07) is 17.6. The fraction of sp³-hybridized carbons (Fsp3) is 0.355. The van der Waals surface area contributed by atoms with Gasteiger partial charge in [-0.05, 0) is 67.6 Å². The fourth-order valence-corrected chi connectivity index (χ4v) is 6.43. The Morgan fingerprint density at radius 2 is 1.56 bits per heavy atom. The van der Waals surface area contributed by atoms with Gasteiger partial charge >= 0.3 is 0 Å². The molecule has 0 aliphatic carbocycles. The second kappa shape index (κ2) is 14.2. The van der Waals surface area contributed by atoms with Crippen LogP contribution in [0.5, 0.6) is 0 Å².